The summed E-state index contributed by atoms with van der Waals surface area (Å²) >= 11 is 0. The van der Waals surface area contributed by atoms with Gasteiger partial charge < -0.3 is 40.2 Å². The Morgan fingerprint density at radius 2 is 1.81 bits per heavy atom. The first-order valence-electron chi connectivity index (χ1n) is 24.3. The van der Waals surface area contributed by atoms with Crippen LogP contribution in [0.3, 0.4) is 0 Å². The first-order valence-corrected chi connectivity index (χ1v) is 24.3. The van der Waals surface area contributed by atoms with Gasteiger partial charge in [0.15, 0.2) is 11.5 Å². The normalized spacial score (nSPS) is 24.4. The summed E-state index contributed by atoms with van der Waals surface area (Å²) in [5.41, 5.74) is 16.6. The highest BCUT2D eigenvalue weighted by atomic mass is 16.5. The van der Waals surface area contributed by atoms with E-state index >= 15 is 0 Å². The molecule has 4 heterocycles. The van der Waals surface area contributed by atoms with E-state index in [1.54, 1.807) is 19.2 Å². The molecule has 10 heteroatoms. The standard InChI is InChI=1S/C57H59N3O7/c1-33(61)65-32-46-43-20-21-44-51-37(26-40(62)28-49(51)64-2)30-57-25-24-36(29-57)41(18-16-34-10-5-3-6-11-34)42-22-23-50(58)60-47(42)15-9-12-35-27-48(63)54-45(52(35)55(46)67-56(43)53(44)57)19-17-39(31-66-54)59-38-13-7-4-8-14-38/h3,5-6,10-11,17,19-23,26-28,36,38-39,41,46,55,59,62-63H,4,7-8,12-14,16,18,24-25,29-32H2,1-2H3,(H2,58,60)/t36-,39+,41-,46+,55+,57+/m1/s1. The van der Waals surface area contributed by atoms with Crippen LogP contribution in [0.5, 0.6) is 28.7 Å². The monoisotopic (exact) mass is 897 g/mol. The fourth-order valence-electron chi connectivity index (χ4n) is 12.8. The van der Waals surface area contributed by atoms with Crippen molar-refractivity contribution in [1.82, 2.24) is 10.3 Å². The van der Waals surface area contributed by atoms with Gasteiger partial charge in [0.1, 0.15) is 48.1 Å². The lowest BCUT2D eigenvalue weighted by atomic mass is 9.64. The SMILES string of the molecule is COc1cc(O)cc2c1-c1ccc3c4c1[C@]1(CC[C@H](C1)[C@@H](CCc1ccccc1)c1ccc(N)nc1C#CCc1cc(O)c5c(c1[C@@H](O4)[C@H]3COC(C)=O)C=C[C@H](NC1CCCCC1)CO5)C2. The Bertz CT molecular complexity index is 2840. The largest absolute Gasteiger partial charge is 0.508 e. The minimum atomic E-state index is -0.634. The zero-order valence-electron chi connectivity index (χ0n) is 38.4. The predicted molar refractivity (Wildman–Crippen MR) is 259 cm³/mol. The Balaban J connectivity index is 1.14. The molecule has 0 unspecified atom stereocenters. The molecular formula is C57H59N3O7. The number of hydrogen-bond donors (Lipinski definition) is 4. The highest BCUT2D eigenvalue weighted by molar-refractivity contribution is 5.84. The molecule has 0 amide bonds. The maximum atomic E-state index is 12.7. The quantitative estimate of drug-likeness (QED) is 0.0877. The molecule has 6 atom stereocenters. The van der Waals surface area contributed by atoms with Gasteiger partial charge in [0.05, 0.1) is 19.1 Å². The van der Waals surface area contributed by atoms with E-state index < -0.39 is 12.0 Å². The molecule has 10 nitrogen and oxygen atoms in total. The highest BCUT2D eigenvalue weighted by Gasteiger charge is 2.52. The summed E-state index contributed by atoms with van der Waals surface area (Å²) < 4.78 is 26.2. The number of methoxy groups -OCH3 is 1. The zero-order chi connectivity index (χ0) is 45.8. The fourth-order valence-corrected chi connectivity index (χ4v) is 12.8. The van der Waals surface area contributed by atoms with Gasteiger partial charge in [0.25, 0.3) is 0 Å². The van der Waals surface area contributed by atoms with Crippen molar-refractivity contribution in [2.75, 3.05) is 26.1 Å². The predicted octanol–water partition coefficient (Wildman–Crippen LogP) is 10.1. The molecule has 2 saturated carbocycles. The minimum Gasteiger partial charge on any atom is -0.508 e. The molecule has 1 spiro atoms. The smallest absolute Gasteiger partial charge is 0.302 e. The average Bonchev–Trinajstić information content (AvgIpc) is 3.83. The Morgan fingerprint density at radius 3 is 2.63 bits per heavy atom. The molecule has 5 N–H and O–H groups in total. The van der Waals surface area contributed by atoms with Crippen LogP contribution in [0.25, 0.3) is 17.2 Å². The topological polar surface area (TPSA) is 145 Å². The molecule has 344 valence electrons. The number of carbonyl (C=O) groups excluding carboxylic acids is 1. The number of nitrogen functional groups attached to an aromatic ring is 1. The average molecular weight is 898 g/mol. The van der Waals surface area contributed by atoms with Crippen molar-refractivity contribution in [3.63, 3.8) is 0 Å². The molecule has 2 fully saturated rings. The highest BCUT2D eigenvalue weighted by Crippen LogP contribution is 2.64. The fraction of sp³-hybridized carbons (Fsp3) is 0.404. The molecule has 3 aliphatic carbocycles. The molecule has 1 aromatic heterocycles. The molecule has 4 aromatic carbocycles. The number of nitrogens with zero attached hydrogens (tertiary/aromatic N) is 1. The number of pyridine rings is 1. The van der Waals surface area contributed by atoms with Gasteiger partial charge in [-0.3, -0.25) is 4.79 Å². The lowest BCUT2D eigenvalue weighted by Crippen LogP contribution is -2.41. The van der Waals surface area contributed by atoms with Gasteiger partial charge in [-0.05, 0) is 115 Å². The van der Waals surface area contributed by atoms with Crippen molar-refractivity contribution in [2.45, 2.75) is 119 Å². The van der Waals surface area contributed by atoms with Crippen LogP contribution in [0.15, 0.2) is 78.9 Å². The van der Waals surface area contributed by atoms with E-state index in [1.165, 1.54) is 31.7 Å². The number of benzene rings is 4. The number of aromatic hydroxyl groups is 2. The molecular weight excluding hydrogens is 839 g/mol. The second-order valence-electron chi connectivity index (χ2n) is 19.8. The van der Waals surface area contributed by atoms with Crippen LogP contribution in [-0.4, -0.2) is 53.6 Å². The molecule has 6 aliphatic rings. The number of anilines is 1. The maximum absolute atomic E-state index is 12.7. The number of phenolic OH excluding ortho intramolecular Hbond substituents is 2. The lowest BCUT2D eigenvalue weighted by Gasteiger charge is -2.39. The molecule has 5 aromatic rings. The number of aromatic nitrogens is 1. The van der Waals surface area contributed by atoms with Crippen molar-refractivity contribution in [3.8, 4) is 51.7 Å². The van der Waals surface area contributed by atoms with Gasteiger partial charge in [0, 0.05) is 58.7 Å². The van der Waals surface area contributed by atoms with Crippen molar-refractivity contribution in [2.24, 2.45) is 5.92 Å². The van der Waals surface area contributed by atoms with Crippen LogP contribution in [0.2, 0.25) is 0 Å². The lowest BCUT2D eigenvalue weighted by molar-refractivity contribution is -0.141. The number of hydrogen-bond acceptors (Lipinski definition) is 10. The number of nitrogens with one attached hydrogen (secondary N) is 1. The van der Waals surface area contributed by atoms with Crippen molar-refractivity contribution in [1.29, 1.82) is 0 Å². The molecule has 0 radical (unpaired) electrons. The number of esters is 1. The number of nitrogens with two attached hydrogens (primary N) is 1. The summed E-state index contributed by atoms with van der Waals surface area (Å²) in [6.07, 6.45) is 15.0. The molecule has 0 saturated heterocycles. The number of phenols is 2. The van der Waals surface area contributed by atoms with Gasteiger partial charge in [-0.2, -0.15) is 0 Å². The number of ether oxygens (including phenoxy) is 4. The maximum Gasteiger partial charge on any atom is 0.302 e. The summed E-state index contributed by atoms with van der Waals surface area (Å²) in [7, 11) is 1.65. The summed E-state index contributed by atoms with van der Waals surface area (Å²) in [5, 5.41) is 26.9. The first-order chi connectivity index (χ1) is 32.7. The van der Waals surface area contributed by atoms with Gasteiger partial charge in [-0.15, -0.1) is 0 Å². The van der Waals surface area contributed by atoms with Crippen LogP contribution in [0.4, 0.5) is 5.82 Å². The number of carbonyl (C=O) groups is 1. The van der Waals surface area contributed by atoms with E-state index in [9.17, 15) is 15.0 Å². The van der Waals surface area contributed by atoms with Crippen LogP contribution in [-0.2, 0) is 34.2 Å². The van der Waals surface area contributed by atoms with Crippen molar-refractivity contribution < 1.29 is 34.0 Å². The Hall–Kier alpha value is -6.44. The van der Waals surface area contributed by atoms with E-state index in [0.717, 1.165) is 101 Å². The Labute approximate surface area is 392 Å². The molecule has 11 rings (SSSR count). The van der Waals surface area contributed by atoms with Gasteiger partial charge in [-0.1, -0.05) is 85.9 Å². The molecule has 3 aliphatic heterocycles. The van der Waals surface area contributed by atoms with E-state index in [2.05, 4.69) is 77.8 Å². The van der Waals surface area contributed by atoms with Crippen molar-refractivity contribution >= 4 is 17.9 Å². The second kappa shape index (κ2) is 17.7. The second-order valence-corrected chi connectivity index (χ2v) is 19.8. The van der Waals surface area contributed by atoms with Gasteiger partial charge >= 0.3 is 5.97 Å². The van der Waals surface area contributed by atoms with Gasteiger partial charge in [0.2, 0.25) is 0 Å². The third-order valence-electron chi connectivity index (χ3n) is 15.7. The molecule has 67 heavy (non-hydrogen) atoms. The summed E-state index contributed by atoms with van der Waals surface area (Å²) in [4.78, 5) is 17.7. The van der Waals surface area contributed by atoms with Crippen LogP contribution in [0, 0.1) is 17.8 Å². The number of fused-ring (bicyclic) bond motifs is 9. The van der Waals surface area contributed by atoms with Gasteiger partial charge in [-0.25, -0.2) is 4.98 Å². The van der Waals surface area contributed by atoms with Crippen LogP contribution >= 0.6 is 0 Å². The third kappa shape index (κ3) is 7.95. The summed E-state index contributed by atoms with van der Waals surface area (Å²) in [6, 6.07) is 24.8. The van der Waals surface area contributed by atoms with E-state index in [0.29, 0.717) is 42.1 Å². The Morgan fingerprint density at radius 1 is 0.970 bits per heavy atom. The summed E-state index contributed by atoms with van der Waals surface area (Å²) in [6.45, 7) is 1.89. The third-order valence-corrected chi connectivity index (χ3v) is 15.7. The van der Waals surface area contributed by atoms with Crippen LogP contribution < -0.4 is 25.3 Å². The summed E-state index contributed by atoms with van der Waals surface area (Å²) in [5.74, 6) is 9.04. The van der Waals surface area contributed by atoms with Crippen molar-refractivity contribution in [3.05, 3.63) is 129 Å². The first kappa shape index (κ1) is 43.1. The zero-order valence-corrected chi connectivity index (χ0v) is 38.4. The van der Waals surface area contributed by atoms with Crippen LogP contribution in [0.1, 0.15) is 133 Å². The molecule has 4 bridgehead atoms. The van der Waals surface area contributed by atoms with E-state index in [4.69, 9.17) is 29.7 Å². The Kier molecular flexibility index (Phi) is 11.4. The number of aryl methyl sites for hydroxylation is 1. The minimum absolute atomic E-state index is 0.0350. The van der Waals surface area contributed by atoms with E-state index in [-0.39, 0.29) is 53.8 Å². The number of rotatable bonds is 8. The van der Waals surface area contributed by atoms with E-state index in [1.807, 2.05) is 12.1 Å².